The number of halogens is 1. The Bertz CT molecular complexity index is 651. The normalized spacial score (nSPS) is 11.8. The quantitative estimate of drug-likeness (QED) is 0.697. The highest BCUT2D eigenvalue weighted by atomic mass is 35.5. The number of pyridine rings is 1. The van der Waals surface area contributed by atoms with E-state index in [4.69, 9.17) is 11.6 Å². The molecule has 0 saturated carbocycles. The number of carbonyl (C=O) groups excluding carboxylic acids is 2. The molecule has 0 radical (unpaired) electrons. The molecule has 5 heteroatoms. The van der Waals surface area contributed by atoms with E-state index in [1.54, 1.807) is 53.4 Å². The van der Waals surface area contributed by atoms with E-state index >= 15 is 0 Å². The Kier molecular flexibility index (Phi) is 4.70. The van der Waals surface area contributed by atoms with Crippen molar-refractivity contribution in [3.63, 3.8) is 0 Å². The minimum atomic E-state index is -0.336. The Labute approximate surface area is 128 Å². The zero-order valence-electron chi connectivity index (χ0n) is 11.8. The molecule has 0 aliphatic heterocycles. The summed E-state index contributed by atoms with van der Waals surface area (Å²) in [7, 11) is 0. The van der Waals surface area contributed by atoms with Crippen LogP contribution in [0.2, 0.25) is 5.02 Å². The van der Waals surface area contributed by atoms with Gasteiger partial charge < -0.3 is 5.32 Å². The largest absolute Gasteiger partial charge is 0.326 e. The van der Waals surface area contributed by atoms with E-state index < -0.39 is 0 Å². The van der Waals surface area contributed by atoms with Crippen LogP contribution in [0.5, 0.6) is 0 Å². The zero-order valence-corrected chi connectivity index (χ0v) is 12.6. The van der Waals surface area contributed by atoms with Crippen LogP contribution in [0.3, 0.4) is 0 Å². The molecule has 0 spiro atoms. The summed E-state index contributed by atoms with van der Waals surface area (Å²) in [6, 6.07) is 10.0. The van der Waals surface area contributed by atoms with Crippen LogP contribution < -0.4 is 9.88 Å². The van der Waals surface area contributed by atoms with Crippen molar-refractivity contribution >= 4 is 29.0 Å². The number of benzene rings is 1. The van der Waals surface area contributed by atoms with Gasteiger partial charge in [-0.2, -0.15) is 4.57 Å². The van der Waals surface area contributed by atoms with Gasteiger partial charge in [-0.3, -0.25) is 9.59 Å². The van der Waals surface area contributed by atoms with E-state index in [1.807, 2.05) is 6.92 Å². The molecular formula is C16H16ClN2O2+. The number of nitrogens with zero attached hydrogens (tertiary/aromatic N) is 1. The summed E-state index contributed by atoms with van der Waals surface area (Å²) in [5.41, 5.74) is 1.32. The van der Waals surface area contributed by atoms with Crippen LogP contribution in [0.1, 0.15) is 30.2 Å². The van der Waals surface area contributed by atoms with Crippen LogP contribution in [0.4, 0.5) is 5.69 Å². The number of Topliss-reactive ketones (excluding diaryl/α,β-unsaturated/α-hetero) is 1. The molecule has 108 valence electrons. The predicted molar refractivity (Wildman–Crippen MR) is 81.4 cm³/mol. The molecule has 1 N–H and O–H groups in total. The average molecular weight is 304 g/mol. The number of amides is 1. The number of rotatable bonds is 4. The smallest absolute Gasteiger partial charge is 0.230 e. The second-order valence-corrected chi connectivity index (χ2v) is 5.20. The van der Waals surface area contributed by atoms with Crippen LogP contribution in [0, 0.1) is 0 Å². The van der Waals surface area contributed by atoms with E-state index in [-0.39, 0.29) is 17.7 Å². The van der Waals surface area contributed by atoms with Crippen LogP contribution in [0.25, 0.3) is 0 Å². The maximum absolute atomic E-state index is 12.4. The van der Waals surface area contributed by atoms with Gasteiger partial charge in [-0.25, -0.2) is 0 Å². The molecule has 1 amide bonds. The molecule has 2 aromatic rings. The monoisotopic (exact) mass is 303 g/mol. The number of hydrogen-bond acceptors (Lipinski definition) is 2. The zero-order chi connectivity index (χ0) is 15.4. The number of anilines is 1. The van der Waals surface area contributed by atoms with Crippen LogP contribution in [0.15, 0.2) is 48.8 Å². The third-order valence-electron chi connectivity index (χ3n) is 3.13. The maximum atomic E-state index is 12.4. The second kappa shape index (κ2) is 6.50. The first kappa shape index (κ1) is 15.2. The lowest BCUT2D eigenvalue weighted by molar-refractivity contribution is -0.704. The van der Waals surface area contributed by atoms with Gasteiger partial charge in [-0.1, -0.05) is 11.6 Å². The van der Waals surface area contributed by atoms with Crippen molar-refractivity contribution in [3.05, 3.63) is 59.4 Å². The summed E-state index contributed by atoms with van der Waals surface area (Å²) in [6.45, 7) is 3.28. The molecule has 21 heavy (non-hydrogen) atoms. The predicted octanol–water partition coefficient (Wildman–Crippen LogP) is 3.03. The Hall–Kier alpha value is -2.20. The summed E-state index contributed by atoms with van der Waals surface area (Å²) < 4.78 is 1.79. The number of carbonyl (C=O) groups is 2. The summed E-state index contributed by atoms with van der Waals surface area (Å²) in [6.07, 6.45) is 3.54. The van der Waals surface area contributed by atoms with Gasteiger partial charge in [-0.15, -0.1) is 0 Å². The average Bonchev–Trinajstić information content (AvgIpc) is 2.47. The first-order valence-electron chi connectivity index (χ1n) is 6.55. The van der Waals surface area contributed by atoms with E-state index in [0.717, 1.165) is 0 Å². The first-order valence-corrected chi connectivity index (χ1v) is 6.93. The van der Waals surface area contributed by atoms with Gasteiger partial charge in [0.05, 0.1) is 5.69 Å². The van der Waals surface area contributed by atoms with Crippen molar-refractivity contribution in [3.8, 4) is 0 Å². The molecular weight excluding hydrogens is 288 g/mol. The van der Waals surface area contributed by atoms with Crippen molar-refractivity contribution in [2.75, 3.05) is 5.32 Å². The highest BCUT2D eigenvalue weighted by molar-refractivity contribution is 6.30. The molecule has 0 aliphatic carbocycles. The molecule has 1 atom stereocenters. The van der Waals surface area contributed by atoms with Crippen molar-refractivity contribution in [2.24, 2.45) is 0 Å². The molecule has 0 bridgehead atoms. The van der Waals surface area contributed by atoms with E-state index in [2.05, 4.69) is 5.32 Å². The van der Waals surface area contributed by atoms with Crippen LogP contribution >= 0.6 is 11.6 Å². The molecule has 2 rings (SSSR count). The lowest BCUT2D eigenvalue weighted by Gasteiger charge is -2.07. The van der Waals surface area contributed by atoms with Gasteiger partial charge >= 0.3 is 0 Å². The summed E-state index contributed by atoms with van der Waals surface area (Å²) in [5.74, 6) is -0.123. The van der Waals surface area contributed by atoms with Crippen molar-refractivity contribution in [1.29, 1.82) is 0 Å². The third kappa shape index (κ3) is 3.89. The SMILES string of the molecule is CC(=O)Nc1cc[n+]([C@@H](C)C(=O)c2ccc(Cl)cc2)cc1. The topological polar surface area (TPSA) is 50.1 Å². The number of hydrogen-bond donors (Lipinski definition) is 1. The van der Waals surface area contributed by atoms with E-state index in [9.17, 15) is 9.59 Å². The third-order valence-corrected chi connectivity index (χ3v) is 3.38. The molecule has 1 aromatic carbocycles. The summed E-state index contributed by atoms with van der Waals surface area (Å²) in [4.78, 5) is 23.4. The molecule has 4 nitrogen and oxygen atoms in total. The summed E-state index contributed by atoms with van der Waals surface area (Å²) >= 11 is 5.82. The molecule has 0 unspecified atom stereocenters. The van der Waals surface area contributed by atoms with Gasteiger partial charge in [0.2, 0.25) is 17.7 Å². The Balaban J connectivity index is 2.15. The lowest BCUT2D eigenvalue weighted by atomic mass is 10.1. The van der Waals surface area contributed by atoms with Gasteiger partial charge in [0, 0.05) is 36.6 Å². The van der Waals surface area contributed by atoms with E-state index in [0.29, 0.717) is 16.3 Å². The van der Waals surface area contributed by atoms with Gasteiger partial charge in [-0.05, 0) is 24.3 Å². The molecule has 0 saturated heterocycles. The minimum Gasteiger partial charge on any atom is -0.326 e. The molecule has 0 fully saturated rings. The highest BCUT2D eigenvalue weighted by Crippen LogP contribution is 2.14. The fourth-order valence-electron chi connectivity index (χ4n) is 1.97. The van der Waals surface area contributed by atoms with Crippen LogP contribution in [-0.2, 0) is 4.79 Å². The number of aromatic nitrogens is 1. The lowest BCUT2D eigenvalue weighted by Crippen LogP contribution is -2.41. The fraction of sp³-hybridized carbons (Fsp3) is 0.188. The molecule has 1 heterocycles. The summed E-state index contributed by atoms with van der Waals surface area (Å²) in [5, 5.41) is 3.29. The Morgan fingerprint density at radius 2 is 1.67 bits per heavy atom. The Morgan fingerprint density at radius 3 is 2.19 bits per heavy atom. The van der Waals surface area contributed by atoms with Crippen molar-refractivity contribution in [1.82, 2.24) is 0 Å². The number of ketones is 1. The number of nitrogens with one attached hydrogen (secondary N) is 1. The van der Waals surface area contributed by atoms with Gasteiger partial charge in [0.15, 0.2) is 12.4 Å². The molecule has 0 aliphatic rings. The van der Waals surface area contributed by atoms with Gasteiger partial charge in [0.1, 0.15) is 0 Å². The first-order chi connectivity index (χ1) is 9.97. The van der Waals surface area contributed by atoms with Gasteiger partial charge in [0.25, 0.3) is 0 Å². The second-order valence-electron chi connectivity index (χ2n) is 4.76. The molecule has 1 aromatic heterocycles. The Morgan fingerprint density at radius 1 is 1.10 bits per heavy atom. The standard InChI is InChI=1S/C16H15ClN2O2/c1-11(16(21)13-3-5-14(17)6-4-13)19-9-7-15(8-10-19)18-12(2)20/h3-11H,1-2H3/p+1/t11-/m0/s1. The highest BCUT2D eigenvalue weighted by Gasteiger charge is 2.23. The fourth-order valence-corrected chi connectivity index (χ4v) is 2.10. The van der Waals surface area contributed by atoms with Crippen molar-refractivity contribution < 1.29 is 14.2 Å². The minimum absolute atomic E-state index is 0.00365. The van der Waals surface area contributed by atoms with E-state index in [1.165, 1.54) is 6.92 Å². The van der Waals surface area contributed by atoms with Crippen LogP contribution in [-0.4, -0.2) is 11.7 Å². The van der Waals surface area contributed by atoms with Crippen molar-refractivity contribution in [2.45, 2.75) is 19.9 Å². The maximum Gasteiger partial charge on any atom is 0.230 e.